The van der Waals surface area contributed by atoms with Crippen LogP contribution in [-0.2, 0) is 6.54 Å². The van der Waals surface area contributed by atoms with Gasteiger partial charge in [0.05, 0.1) is 13.7 Å². The van der Waals surface area contributed by atoms with Crippen molar-refractivity contribution in [2.75, 3.05) is 33.4 Å². The second-order valence-electron chi connectivity index (χ2n) is 5.37. The first-order valence-corrected chi connectivity index (χ1v) is 7.36. The first kappa shape index (κ1) is 15.8. The van der Waals surface area contributed by atoms with Gasteiger partial charge in [0.25, 0.3) is 0 Å². The van der Waals surface area contributed by atoms with Crippen LogP contribution in [0.2, 0.25) is 0 Å². The highest BCUT2D eigenvalue weighted by Crippen LogP contribution is 2.24. The van der Waals surface area contributed by atoms with Gasteiger partial charge in [-0.05, 0) is 37.1 Å². The Hall–Kier alpha value is -1.54. The summed E-state index contributed by atoms with van der Waals surface area (Å²) in [5, 5.41) is 18.0. The zero-order valence-corrected chi connectivity index (χ0v) is 12.5. The van der Waals surface area contributed by atoms with Crippen LogP contribution >= 0.6 is 0 Å². The van der Waals surface area contributed by atoms with E-state index in [1.54, 1.807) is 7.11 Å². The lowest BCUT2D eigenvalue weighted by molar-refractivity contribution is 0.219. The summed E-state index contributed by atoms with van der Waals surface area (Å²) in [5.41, 5.74) is 2.06. The first-order valence-electron chi connectivity index (χ1n) is 7.36. The summed E-state index contributed by atoms with van der Waals surface area (Å²) < 4.78 is 5.43. The molecule has 4 nitrogen and oxygen atoms in total. The molecule has 1 unspecified atom stereocenters. The van der Waals surface area contributed by atoms with Gasteiger partial charge in [0.15, 0.2) is 0 Å². The Labute approximate surface area is 126 Å². The summed E-state index contributed by atoms with van der Waals surface area (Å²) >= 11 is 0. The van der Waals surface area contributed by atoms with Gasteiger partial charge in [-0.25, -0.2) is 0 Å². The largest absolute Gasteiger partial charge is 0.496 e. The number of ether oxygens (including phenoxy) is 1. The lowest BCUT2D eigenvalue weighted by atomic mass is 10.1. The molecular formula is C17H23NO3. The van der Waals surface area contributed by atoms with E-state index in [-0.39, 0.29) is 13.2 Å². The van der Waals surface area contributed by atoms with Crippen LogP contribution in [0.3, 0.4) is 0 Å². The van der Waals surface area contributed by atoms with Gasteiger partial charge in [-0.2, -0.15) is 0 Å². The maximum atomic E-state index is 9.23. The van der Waals surface area contributed by atoms with Crippen LogP contribution in [0.4, 0.5) is 0 Å². The number of aliphatic hydroxyl groups is 2. The molecule has 1 aromatic rings. The fourth-order valence-electron chi connectivity index (χ4n) is 2.65. The molecule has 1 atom stereocenters. The van der Waals surface area contributed by atoms with Crippen molar-refractivity contribution >= 4 is 0 Å². The average molecular weight is 289 g/mol. The summed E-state index contributed by atoms with van der Waals surface area (Å²) in [4.78, 5) is 2.34. The topological polar surface area (TPSA) is 52.9 Å². The predicted molar refractivity (Wildman–Crippen MR) is 82.0 cm³/mol. The normalized spacial score (nSPS) is 18.3. The summed E-state index contributed by atoms with van der Waals surface area (Å²) in [5.74, 6) is 7.26. The number of rotatable bonds is 5. The maximum absolute atomic E-state index is 9.23. The Morgan fingerprint density at radius 2 is 2.24 bits per heavy atom. The molecule has 2 N–H and O–H groups in total. The molecule has 1 aliphatic rings. The van der Waals surface area contributed by atoms with Crippen molar-refractivity contribution in [1.29, 1.82) is 0 Å². The van der Waals surface area contributed by atoms with Crippen molar-refractivity contribution in [3.63, 3.8) is 0 Å². The van der Waals surface area contributed by atoms with Crippen LogP contribution in [-0.4, -0.2) is 48.5 Å². The van der Waals surface area contributed by atoms with E-state index in [0.29, 0.717) is 12.3 Å². The summed E-state index contributed by atoms with van der Waals surface area (Å²) in [6.45, 7) is 3.11. The second-order valence-corrected chi connectivity index (χ2v) is 5.37. The third-order valence-electron chi connectivity index (χ3n) is 3.77. The number of hydrogen-bond acceptors (Lipinski definition) is 4. The minimum atomic E-state index is 0.0896. The molecule has 1 aliphatic heterocycles. The SMILES string of the molecule is COc1ccc(C#CCCO)cc1CN1CCC(CO)C1. The van der Waals surface area contributed by atoms with E-state index in [0.717, 1.165) is 42.9 Å². The monoisotopic (exact) mass is 289 g/mol. The van der Waals surface area contributed by atoms with Crippen molar-refractivity contribution < 1.29 is 14.9 Å². The van der Waals surface area contributed by atoms with Crippen LogP contribution in [0.1, 0.15) is 24.0 Å². The quantitative estimate of drug-likeness (QED) is 0.801. The van der Waals surface area contributed by atoms with Crippen molar-refractivity contribution in [2.45, 2.75) is 19.4 Å². The van der Waals surface area contributed by atoms with Gasteiger partial charge in [-0.15, -0.1) is 0 Å². The fourth-order valence-corrected chi connectivity index (χ4v) is 2.65. The van der Waals surface area contributed by atoms with Gasteiger partial charge in [0.2, 0.25) is 0 Å². The Kier molecular flexibility index (Phi) is 6.06. The van der Waals surface area contributed by atoms with Crippen molar-refractivity contribution in [1.82, 2.24) is 4.90 Å². The molecular weight excluding hydrogens is 266 g/mol. The van der Waals surface area contributed by atoms with Crippen LogP contribution in [0, 0.1) is 17.8 Å². The van der Waals surface area contributed by atoms with E-state index >= 15 is 0 Å². The molecule has 1 heterocycles. The van der Waals surface area contributed by atoms with Crippen LogP contribution in [0.15, 0.2) is 18.2 Å². The van der Waals surface area contributed by atoms with Gasteiger partial charge in [-0.3, -0.25) is 4.90 Å². The van der Waals surface area contributed by atoms with Crippen molar-refractivity contribution in [3.05, 3.63) is 29.3 Å². The molecule has 0 aliphatic carbocycles. The molecule has 4 heteroatoms. The Morgan fingerprint density at radius 3 is 2.90 bits per heavy atom. The van der Waals surface area contributed by atoms with E-state index in [4.69, 9.17) is 9.84 Å². The Bertz CT molecular complexity index is 519. The van der Waals surface area contributed by atoms with E-state index in [1.807, 2.05) is 12.1 Å². The van der Waals surface area contributed by atoms with Gasteiger partial charge < -0.3 is 14.9 Å². The van der Waals surface area contributed by atoms with E-state index < -0.39 is 0 Å². The molecule has 0 bridgehead atoms. The van der Waals surface area contributed by atoms with Gasteiger partial charge in [0, 0.05) is 37.2 Å². The molecule has 2 rings (SSSR count). The van der Waals surface area contributed by atoms with E-state index in [9.17, 15) is 5.11 Å². The molecule has 114 valence electrons. The highest BCUT2D eigenvalue weighted by atomic mass is 16.5. The minimum Gasteiger partial charge on any atom is -0.496 e. The van der Waals surface area contributed by atoms with Gasteiger partial charge >= 0.3 is 0 Å². The molecule has 1 aromatic carbocycles. The third kappa shape index (κ3) is 4.47. The molecule has 0 spiro atoms. The smallest absolute Gasteiger partial charge is 0.123 e. The molecule has 21 heavy (non-hydrogen) atoms. The van der Waals surface area contributed by atoms with Gasteiger partial charge in [-0.1, -0.05) is 11.8 Å². The number of likely N-dealkylation sites (tertiary alicyclic amines) is 1. The second kappa shape index (κ2) is 8.04. The third-order valence-corrected chi connectivity index (χ3v) is 3.77. The predicted octanol–water partition coefficient (Wildman–Crippen LogP) is 1.24. The lowest BCUT2D eigenvalue weighted by Gasteiger charge is -2.18. The molecule has 1 fully saturated rings. The van der Waals surface area contributed by atoms with Crippen LogP contribution < -0.4 is 4.74 Å². The summed E-state index contributed by atoms with van der Waals surface area (Å²) in [6, 6.07) is 5.93. The molecule has 0 radical (unpaired) electrons. The number of nitrogens with zero attached hydrogens (tertiary/aromatic N) is 1. The number of aliphatic hydroxyl groups excluding tert-OH is 2. The van der Waals surface area contributed by atoms with E-state index in [2.05, 4.69) is 22.8 Å². The number of hydrogen-bond donors (Lipinski definition) is 2. The highest BCUT2D eigenvalue weighted by molar-refractivity contribution is 5.44. The maximum Gasteiger partial charge on any atom is 0.123 e. The fraction of sp³-hybridized carbons (Fsp3) is 0.529. The lowest BCUT2D eigenvalue weighted by Crippen LogP contribution is -2.21. The molecule has 0 amide bonds. The van der Waals surface area contributed by atoms with Crippen molar-refractivity contribution in [2.24, 2.45) is 5.92 Å². The number of methoxy groups -OCH3 is 1. The van der Waals surface area contributed by atoms with Crippen molar-refractivity contribution in [3.8, 4) is 17.6 Å². The summed E-state index contributed by atoms with van der Waals surface area (Å²) in [6.07, 6.45) is 1.54. The van der Waals surface area contributed by atoms with Crippen LogP contribution in [0.5, 0.6) is 5.75 Å². The van der Waals surface area contributed by atoms with Gasteiger partial charge in [0.1, 0.15) is 5.75 Å². The summed E-state index contributed by atoms with van der Waals surface area (Å²) in [7, 11) is 1.68. The highest BCUT2D eigenvalue weighted by Gasteiger charge is 2.22. The first-order chi connectivity index (χ1) is 10.3. The van der Waals surface area contributed by atoms with Crippen LogP contribution in [0.25, 0.3) is 0 Å². The Morgan fingerprint density at radius 1 is 1.38 bits per heavy atom. The molecule has 0 saturated carbocycles. The standard InChI is InChI=1S/C17H23NO3/c1-21-17-6-5-14(4-2-3-9-19)10-16(17)12-18-8-7-15(11-18)13-20/h5-6,10,15,19-20H,3,7-9,11-13H2,1H3. The average Bonchev–Trinajstić information content (AvgIpc) is 2.95. The zero-order valence-electron chi connectivity index (χ0n) is 12.5. The van der Waals surface area contributed by atoms with E-state index in [1.165, 1.54) is 0 Å². The Balaban J connectivity index is 2.09. The zero-order chi connectivity index (χ0) is 15.1. The minimum absolute atomic E-state index is 0.0896. The number of benzene rings is 1. The molecule has 1 saturated heterocycles. The molecule has 0 aromatic heterocycles.